The zero-order valence-corrected chi connectivity index (χ0v) is 14.7. The Morgan fingerprint density at radius 1 is 1.12 bits per heavy atom. The molecule has 2 aromatic carbocycles. The molecule has 1 unspecified atom stereocenters. The van der Waals surface area contributed by atoms with Gasteiger partial charge in [-0.2, -0.15) is 5.26 Å². The van der Waals surface area contributed by atoms with Crippen LogP contribution in [0.15, 0.2) is 48.5 Å². The lowest BCUT2D eigenvalue weighted by Crippen LogP contribution is -2.35. The van der Waals surface area contributed by atoms with Gasteiger partial charge in [0.25, 0.3) is 5.91 Å². The maximum absolute atomic E-state index is 12.5. The first-order chi connectivity index (χ1) is 12.6. The Morgan fingerprint density at radius 2 is 1.81 bits per heavy atom. The molecule has 0 radical (unpaired) electrons. The molecule has 1 aliphatic rings. The molecule has 2 aromatic rings. The Morgan fingerprint density at radius 3 is 2.42 bits per heavy atom. The van der Waals surface area contributed by atoms with Crippen molar-refractivity contribution in [2.24, 2.45) is 0 Å². The van der Waals surface area contributed by atoms with Crippen LogP contribution in [-0.4, -0.2) is 18.4 Å². The molecule has 1 N–H and O–H groups in total. The Labute approximate surface area is 153 Å². The third-order valence-corrected chi connectivity index (χ3v) is 4.65. The fourth-order valence-electron chi connectivity index (χ4n) is 3.08. The van der Waals surface area contributed by atoms with Gasteiger partial charge < -0.3 is 10.2 Å². The number of anilines is 1. The summed E-state index contributed by atoms with van der Waals surface area (Å²) in [6.45, 7) is 2.64. The summed E-state index contributed by atoms with van der Waals surface area (Å²) in [6, 6.07) is 16.2. The lowest BCUT2D eigenvalue weighted by atomic mass is 10.1. The van der Waals surface area contributed by atoms with Crippen LogP contribution in [-0.2, 0) is 4.79 Å². The molecule has 0 bridgehead atoms. The zero-order chi connectivity index (χ0) is 18.5. The maximum atomic E-state index is 12.5. The summed E-state index contributed by atoms with van der Waals surface area (Å²) in [5.41, 5.74) is 2.92. The fraction of sp³-hybridized carbons (Fsp3) is 0.286. The van der Waals surface area contributed by atoms with E-state index in [4.69, 9.17) is 5.26 Å². The van der Waals surface area contributed by atoms with Crippen LogP contribution in [0.3, 0.4) is 0 Å². The van der Waals surface area contributed by atoms with Gasteiger partial charge in [0.2, 0.25) is 5.91 Å². The molecule has 0 aromatic heterocycles. The molecule has 132 valence electrons. The number of benzene rings is 2. The van der Waals surface area contributed by atoms with E-state index in [1.165, 1.54) is 0 Å². The second-order valence-electron chi connectivity index (χ2n) is 6.48. The molecule has 26 heavy (non-hydrogen) atoms. The van der Waals surface area contributed by atoms with Crippen LogP contribution in [0, 0.1) is 11.3 Å². The molecule has 1 atom stereocenters. The number of hydrogen-bond donors (Lipinski definition) is 1. The van der Waals surface area contributed by atoms with Crippen molar-refractivity contribution in [2.45, 2.75) is 32.2 Å². The molecule has 1 saturated heterocycles. The van der Waals surface area contributed by atoms with E-state index in [9.17, 15) is 9.59 Å². The molecule has 1 heterocycles. The average Bonchev–Trinajstić information content (AvgIpc) is 2.68. The van der Waals surface area contributed by atoms with Gasteiger partial charge in [-0.05, 0) is 61.7 Å². The van der Waals surface area contributed by atoms with E-state index in [0.29, 0.717) is 17.5 Å². The van der Waals surface area contributed by atoms with E-state index >= 15 is 0 Å². The molecule has 1 aliphatic heterocycles. The summed E-state index contributed by atoms with van der Waals surface area (Å²) >= 11 is 0. The topological polar surface area (TPSA) is 73.2 Å². The molecular weight excluding hydrogens is 326 g/mol. The molecule has 5 nitrogen and oxygen atoms in total. The molecule has 0 aliphatic carbocycles. The van der Waals surface area contributed by atoms with Gasteiger partial charge in [0, 0.05) is 24.2 Å². The number of amides is 2. The lowest BCUT2D eigenvalue weighted by Gasteiger charge is -2.26. The second kappa shape index (κ2) is 7.83. The summed E-state index contributed by atoms with van der Waals surface area (Å²) in [5, 5.41) is 11.8. The SMILES string of the molecule is CC(NC(=O)c1ccc(N2CCCCC2=O)cc1)c1ccc(C#N)cc1. The number of rotatable bonds is 4. The minimum Gasteiger partial charge on any atom is -0.346 e. The van der Waals surface area contributed by atoms with Gasteiger partial charge in [-0.1, -0.05) is 12.1 Å². The van der Waals surface area contributed by atoms with Crippen LogP contribution in [0.5, 0.6) is 0 Å². The third-order valence-electron chi connectivity index (χ3n) is 4.65. The maximum Gasteiger partial charge on any atom is 0.251 e. The first-order valence-corrected chi connectivity index (χ1v) is 8.80. The van der Waals surface area contributed by atoms with Gasteiger partial charge >= 0.3 is 0 Å². The first kappa shape index (κ1) is 17.7. The average molecular weight is 347 g/mol. The molecule has 0 saturated carbocycles. The highest BCUT2D eigenvalue weighted by atomic mass is 16.2. The normalized spacial score (nSPS) is 15.2. The Hall–Kier alpha value is -3.13. The Balaban J connectivity index is 1.65. The number of nitrogens with one attached hydrogen (secondary N) is 1. The molecule has 5 heteroatoms. The van der Waals surface area contributed by atoms with E-state index in [2.05, 4.69) is 11.4 Å². The number of carbonyl (C=O) groups is 2. The standard InChI is InChI=1S/C21H21N3O2/c1-15(17-7-5-16(14-22)6-8-17)23-21(26)18-9-11-19(12-10-18)24-13-3-2-4-20(24)25/h5-12,15H,2-4,13H2,1H3,(H,23,26). The van der Waals surface area contributed by atoms with Crippen molar-refractivity contribution < 1.29 is 9.59 Å². The van der Waals surface area contributed by atoms with Crippen molar-refractivity contribution in [3.8, 4) is 6.07 Å². The van der Waals surface area contributed by atoms with Crippen molar-refractivity contribution in [2.75, 3.05) is 11.4 Å². The Bertz CT molecular complexity index is 835. The predicted molar refractivity (Wildman–Crippen MR) is 99.7 cm³/mol. The van der Waals surface area contributed by atoms with Gasteiger partial charge in [0.05, 0.1) is 17.7 Å². The largest absolute Gasteiger partial charge is 0.346 e. The van der Waals surface area contributed by atoms with Crippen molar-refractivity contribution >= 4 is 17.5 Å². The third kappa shape index (κ3) is 3.92. The zero-order valence-electron chi connectivity index (χ0n) is 14.7. The summed E-state index contributed by atoms with van der Waals surface area (Å²) in [6.07, 6.45) is 2.55. The van der Waals surface area contributed by atoms with E-state index in [-0.39, 0.29) is 17.9 Å². The van der Waals surface area contributed by atoms with Gasteiger partial charge in [0.15, 0.2) is 0 Å². The van der Waals surface area contributed by atoms with Crippen LogP contribution in [0.4, 0.5) is 5.69 Å². The van der Waals surface area contributed by atoms with Crippen molar-refractivity contribution in [1.29, 1.82) is 5.26 Å². The van der Waals surface area contributed by atoms with E-state index < -0.39 is 0 Å². The van der Waals surface area contributed by atoms with Crippen molar-refractivity contribution in [3.63, 3.8) is 0 Å². The summed E-state index contributed by atoms with van der Waals surface area (Å²) in [7, 11) is 0. The minimum absolute atomic E-state index is 0.142. The van der Waals surface area contributed by atoms with Gasteiger partial charge in [-0.3, -0.25) is 9.59 Å². The van der Waals surface area contributed by atoms with E-state index in [1.54, 1.807) is 29.2 Å². The number of hydrogen-bond acceptors (Lipinski definition) is 3. The number of piperidine rings is 1. The number of nitrogens with zero attached hydrogens (tertiary/aromatic N) is 2. The molecule has 2 amide bonds. The van der Waals surface area contributed by atoms with Crippen LogP contribution in [0.1, 0.15) is 53.7 Å². The van der Waals surface area contributed by atoms with Crippen LogP contribution < -0.4 is 10.2 Å². The summed E-state index contributed by atoms with van der Waals surface area (Å²) in [5.74, 6) is -0.0266. The first-order valence-electron chi connectivity index (χ1n) is 8.80. The quantitative estimate of drug-likeness (QED) is 0.919. The summed E-state index contributed by atoms with van der Waals surface area (Å²) in [4.78, 5) is 26.2. The van der Waals surface area contributed by atoms with Crippen LogP contribution in [0.2, 0.25) is 0 Å². The predicted octanol–water partition coefficient (Wildman–Crippen LogP) is 3.57. The van der Waals surface area contributed by atoms with Gasteiger partial charge in [0.1, 0.15) is 0 Å². The number of nitriles is 1. The van der Waals surface area contributed by atoms with Crippen molar-refractivity contribution in [3.05, 3.63) is 65.2 Å². The summed E-state index contributed by atoms with van der Waals surface area (Å²) < 4.78 is 0. The van der Waals surface area contributed by atoms with Crippen molar-refractivity contribution in [1.82, 2.24) is 5.32 Å². The lowest BCUT2D eigenvalue weighted by molar-refractivity contribution is -0.119. The molecule has 0 spiro atoms. The monoisotopic (exact) mass is 347 g/mol. The second-order valence-corrected chi connectivity index (χ2v) is 6.48. The molecule has 1 fully saturated rings. The van der Waals surface area contributed by atoms with E-state index in [0.717, 1.165) is 30.6 Å². The molecular formula is C21H21N3O2. The molecule has 3 rings (SSSR count). The minimum atomic E-state index is -0.168. The highest BCUT2D eigenvalue weighted by Gasteiger charge is 2.20. The van der Waals surface area contributed by atoms with Crippen LogP contribution >= 0.6 is 0 Å². The highest BCUT2D eigenvalue weighted by molar-refractivity contribution is 5.97. The number of carbonyl (C=O) groups excluding carboxylic acids is 2. The Kier molecular flexibility index (Phi) is 5.33. The van der Waals surface area contributed by atoms with Gasteiger partial charge in [-0.25, -0.2) is 0 Å². The van der Waals surface area contributed by atoms with E-state index in [1.807, 2.05) is 31.2 Å². The smallest absolute Gasteiger partial charge is 0.251 e. The van der Waals surface area contributed by atoms with Crippen LogP contribution in [0.25, 0.3) is 0 Å². The fourth-order valence-corrected chi connectivity index (χ4v) is 3.08. The highest BCUT2D eigenvalue weighted by Crippen LogP contribution is 2.21. The van der Waals surface area contributed by atoms with Gasteiger partial charge in [-0.15, -0.1) is 0 Å².